The lowest BCUT2D eigenvalue weighted by Gasteiger charge is -2.08. The maximum atomic E-state index is 12.5. The molecule has 2 aromatic rings. The smallest absolute Gasteiger partial charge is 0.249 e. The highest BCUT2D eigenvalue weighted by Crippen LogP contribution is 2.22. The van der Waals surface area contributed by atoms with Gasteiger partial charge < -0.3 is 5.11 Å². The number of benzene rings is 1. The average Bonchev–Trinajstić information content (AvgIpc) is 2.96. The molecular weight excluding hydrogens is 314 g/mol. The monoisotopic (exact) mass is 337 g/mol. The van der Waals surface area contributed by atoms with E-state index in [1.807, 2.05) is 38.1 Å². The quantitative estimate of drug-likeness (QED) is 0.747. The molecule has 0 saturated carbocycles. The molecule has 0 aliphatic heterocycles. The number of aryl methyl sites for hydroxylation is 1. The summed E-state index contributed by atoms with van der Waals surface area (Å²) < 4.78 is 26.7. The van der Waals surface area contributed by atoms with Crippen molar-refractivity contribution in [1.82, 2.24) is 14.8 Å². The number of aromatic nitrogens is 3. The van der Waals surface area contributed by atoms with Crippen LogP contribution in [0.25, 0.3) is 11.4 Å². The second-order valence-electron chi connectivity index (χ2n) is 5.52. The third-order valence-corrected chi connectivity index (χ3v) is 5.34. The van der Waals surface area contributed by atoms with E-state index in [2.05, 4.69) is 10.2 Å². The fraction of sp³-hybridized carbons (Fsp3) is 0.500. The largest absolute Gasteiger partial charge is 0.396 e. The van der Waals surface area contributed by atoms with Gasteiger partial charge in [0.2, 0.25) is 15.0 Å². The molecule has 23 heavy (non-hydrogen) atoms. The maximum Gasteiger partial charge on any atom is 0.249 e. The van der Waals surface area contributed by atoms with Crippen LogP contribution in [0.3, 0.4) is 0 Å². The summed E-state index contributed by atoms with van der Waals surface area (Å²) in [7, 11) is -3.47. The molecule has 6 nitrogen and oxygen atoms in total. The Morgan fingerprint density at radius 1 is 1.17 bits per heavy atom. The summed E-state index contributed by atoms with van der Waals surface area (Å²) in [5.74, 6) is 0.601. The van der Waals surface area contributed by atoms with Crippen LogP contribution in [0.4, 0.5) is 0 Å². The highest BCUT2D eigenvalue weighted by atomic mass is 32.2. The van der Waals surface area contributed by atoms with Crippen molar-refractivity contribution < 1.29 is 13.5 Å². The summed E-state index contributed by atoms with van der Waals surface area (Å²) >= 11 is 0. The minimum Gasteiger partial charge on any atom is -0.396 e. The van der Waals surface area contributed by atoms with Crippen LogP contribution in [0.5, 0.6) is 0 Å². The second-order valence-corrected chi connectivity index (χ2v) is 7.53. The Hall–Kier alpha value is -1.73. The molecule has 0 unspecified atom stereocenters. The Balaban J connectivity index is 2.30. The predicted octanol–water partition coefficient (Wildman–Crippen LogP) is 2.21. The fourth-order valence-corrected chi connectivity index (χ4v) is 3.96. The van der Waals surface area contributed by atoms with Gasteiger partial charge in [-0.05, 0) is 32.8 Å². The summed E-state index contributed by atoms with van der Waals surface area (Å²) in [4.78, 5) is 0. The van der Waals surface area contributed by atoms with Crippen molar-refractivity contribution in [2.24, 2.45) is 0 Å². The number of aliphatic hydroxyl groups is 1. The standard InChI is InChI=1S/C16H23N3O3S/c1-3-19-15(14-9-7-8-13(2)12-14)17-18-16(19)23(21,22)11-6-4-5-10-20/h7-9,12,20H,3-6,10-11H2,1-2H3. The van der Waals surface area contributed by atoms with Crippen molar-refractivity contribution in [3.63, 3.8) is 0 Å². The second kappa shape index (κ2) is 7.70. The summed E-state index contributed by atoms with van der Waals surface area (Å²) in [6.45, 7) is 4.44. The normalized spacial score (nSPS) is 11.8. The third kappa shape index (κ3) is 4.17. The van der Waals surface area contributed by atoms with E-state index in [-0.39, 0.29) is 17.5 Å². The Bertz CT molecular complexity index is 754. The van der Waals surface area contributed by atoms with E-state index in [0.29, 0.717) is 31.6 Å². The molecule has 1 aromatic carbocycles. The van der Waals surface area contributed by atoms with Gasteiger partial charge in [0.25, 0.3) is 0 Å². The van der Waals surface area contributed by atoms with Gasteiger partial charge in [-0.2, -0.15) is 0 Å². The number of nitrogens with zero attached hydrogens (tertiary/aromatic N) is 3. The predicted molar refractivity (Wildman–Crippen MR) is 88.9 cm³/mol. The van der Waals surface area contributed by atoms with Gasteiger partial charge in [-0.25, -0.2) is 8.42 Å². The Morgan fingerprint density at radius 3 is 2.61 bits per heavy atom. The van der Waals surface area contributed by atoms with Gasteiger partial charge in [0.1, 0.15) is 0 Å². The van der Waals surface area contributed by atoms with Crippen LogP contribution in [0, 0.1) is 6.92 Å². The molecule has 0 bridgehead atoms. The van der Waals surface area contributed by atoms with Gasteiger partial charge in [-0.15, -0.1) is 10.2 Å². The first-order valence-corrected chi connectivity index (χ1v) is 9.48. The Kier molecular flexibility index (Phi) is 5.90. The lowest BCUT2D eigenvalue weighted by molar-refractivity contribution is 0.284. The zero-order chi connectivity index (χ0) is 16.9. The molecule has 1 N–H and O–H groups in total. The minimum absolute atomic E-state index is 0.0267. The zero-order valence-corrected chi connectivity index (χ0v) is 14.4. The van der Waals surface area contributed by atoms with E-state index in [1.165, 1.54) is 0 Å². The molecule has 1 heterocycles. The average molecular weight is 337 g/mol. The van der Waals surface area contributed by atoms with Gasteiger partial charge >= 0.3 is 0 Å². The molecule has 0 radical (unpaired) electrons. The minimum atomic E-state index is -3.47. The lowest BCUT2D eigenvalue weighted by atomic mass is 10.1. The van der Waals surface area contributed by atoms with Crippen molar-refractivity contribution in [3.8, 4) is 11.4 Å². The van der Waals surface area contributed by atoms with Gasteiger partial charge in [-0.1, -0.05) is 30.2 Å². The number of hydrogen-bond donors (Lipinski definition) is 1. The van der Waals surface area contributed by atoms with Crippen LogP contribution in [0.1, 0.15) is 31.7 Å². The molecule has 0 aliphatic carbocycles. The lowest BCUT2D eigenvalue weighted by Crippen LogP contribution is -2.14. The van der Waals surface area contributed by atoms with Crippen molar-refractivity contribution in [1.29, 1.82) is 0 Å². The molecule has 0 fully saturated rings. The van der Waals surface area contributed by atoms with E-state index < -0.39 is 9.84 Å². The summed E-state index contributed by atoms with van der Waals surface area (Å²) in [6, 6.07) is 7.77. The maximum absolute atomic E-state index is 12.5. The van der Waals surface area contributed by atoms with Crippen LogP contribution >= 0.6 is 0 Å². The molecular formula is C16H23N3O3S. The Morgan fingerprint density at radius 2 is 1.96 bits per heavy atom. The van der Waals surface area contributed by atoms with Gasteiger partial charge in [0.05, 0.1) is 5.75 Å². The summed E-state index contributed by atoms with van der Waals surface area (Å²) in [5, 5.41) is 16.8. The van der Waals surface area contributed by atoms with Crippen LogP contribution in [-0.2, 0) is 16.4 Å². The first kappa shape index (κ1) is 17.6. The molecule has 0 spiro atoms. The van der Waals surface area contributed by atoms with Crippen LogP contribution in [0.15, 0.2) is 29.4 Å². The van der Waals surface area contributed by atoms with Gasteiger partial charge in [-0.3, -0.25) is 4.57 Å². The topological polar surface area (TPSA) is 85.1 Å². The van der Waals surface area contributed by atoms with E-state index in [1.54, 1.807) is 4.57 Å². The van der Waals surface area contributed by atoms with Crippen LogP contribution < -0.4 is 0 Å². The zero-order valence-electron chi connectivity index (χ0n) is 13.6. The molecule has 0 saturated heterocycles. The summed E-state index contributed by atoms with van der Waals surface area (Å²) in [5.41, 5.74) is 1.95. The molecule has 0 amide bonds. The molecule has 1 aromatic heterocycles. The molecule has 7 heteroatoms. The van der Waals surface area contributed by atoms with E-state index in [9.17, 15) is 8.42 Å². The van der Waals surface area contributed by atoms with E-state index in [4.69, 9.17) is 5.11 Å². The highest BCUT2D eigenvalue weighted by Gasteiger charge is 2.24. The van der Waals surface area contributed by atoms with Gasteiger partial charge in [0.15, 0.2) is 5.82 Å². The molecule has 2 rings (SSSR count). The van der Waals surface area contributed by atoms with Crippen molar-refractivity contribution in [3.05, 3.63) is 29.8 Å². The van der Waals surface area contributed by atoms with Crippen molar-refractivity contribution in [2.75, 3.05) is 12.4 Å². The number of rotatable bonds is 8. The first-order chi connectivity index (χ1) is 11.0. The fourth-order valence-electron chi connectivity index (χ4n) is 2.47. The van der Waals surface area contributed by atoms with Gasteiger partial charge in [0, 0.05) is 18.7 Å². The van der Waals surface area contributed by atoms with Crippen LogP contribution in [0.2, 0.25) is 0 Å². The Labute approximate surface area is 137 Å². The van der Waals surface area contributed by atoms with Crippen molar-refractivity contribution >= 4 is 9.84 Å². The molecule has 0 aliphatic rings. The highest BCUT2D eigenvalue weighted by molar-refractivity contribution is 7.91. The summed E-state index contributed by atoms with van der Waals surface area (Å²) in [6.07, 6.45) is 1.81. The van der Waals surface area contributed by atoms with E-state index in [0.717, 1.165) is 11.1 Å². The SMILES string of the molecule is CCn1c(-c2cccc(C)c2)nnc1S(=O)(=O)CCCCCO. The molecule has 0 atom stereocenters. The number of unbranched alkanes of at least 4 members (excludes halogenated alkanes) is 2. The number of aliphatic hydroxyl groups excluding tert-OH is 1. The number of hydrogen-bond acceptors (Lipinski definition) is 5. The third-order valence-electron chi connectivity index (χ3n) is 3.66. The van der Waals surface area contributed by atoms with E-state index >= 15 is 0 Å². The first-order valence-electron chi connectivity index (χ1n) is 7.83. The molecule has 126 valence electrons. The van der Waals surface area contributed by atoms with Crippen LogP contribution in [-0.4, -0.2) is 40.6 Å². The van der Waals surface area contributed by atoms with Crippen molar-refractivity contribution in [2.45, 2.75) is 44.8 Å². The number of sulfone groups is 1.